The summed E-state index contributed by atoms with van der Waals surface area (Å²) in [5, 5.41) is 18.2. The van der Waals surface area contributed by atoms with Crippen molar-refractivity contribution in [1.29, 1.82) is 0 Å². The number of quaternary nitrogens is 2. The van der Waals surface area contributed by atoms with Gasteiger partial charge in [0.15, 0.2) is 0 Å². The lowest BCUT2D eigenvalue weighted by Gasteiger charge is -2.28. The Morgan fingerprint density at radius 2 is 1.22 bits per heavy atom. The van der Waals surface area contributed by atoms with Crippen LogP contribution in [0.3, 0.4) is 0 Å². The lowest BCUT2D eigenvalue weighted by Crippen LogP contribution is -2.60. The van der Waals surface area contributed by atoms with Gasteiger partial charge in [0.25, 0.3) is 0 Å². The standard InChI is InChI=1S/C4HF7O2.C2H5O.2H3N/c5-2(6,1(12)13)3(7,8)4(9,10)11;1-2-3;;/h(H,12,13);2H2,1H3;2*1H3/q;-1;;/p+1. The van der Waals surface area contributed by atoms with Crippen molar-refractivity contribution >= 4 is 5.97 Å². The molecule has 0 bridgehead atoms. The first-order chi connectivity index (χ1) is 6.86. The topological polar surface area (TPSA) is 136 Å². The molecule has 0 saturated heterocycles. The fraction of sp³-hybridized carbons (Fsp3) is 0.833. The van der Waals surface area contributed by atoms with E-state index in [1.165, 1.54) is 0 Å². The largest absolute Gasteiger partial charge is 0.855 e. The average molecular weight is 294 g/mol. The predicted octanol–water partition coefficient (Wildman–Crippen LogP) is 0.688. The molecule has 0 spiro atoms. The Labute approximate surface area is 96.8 Å². The minimum Gasteiger partial charge on any atom is -0.855 e. The molecule has 0 unspecified atom stereocenters. The molecule has 0 aromatic heterocycles. The van der Waals surface area contributed by atoms with Crippen molar-refractivity contribution in [2.24, 2.45) is 0 Å². The van der Waals surface area contributed by atoms with Crippen molar-refractivity contribution in [3.63, 3.8) is 0 Å². The second-order valence-corrected chi connectivity index (χ2v) is 2.22. The number of carbonyl (C=O) groups excluding carboxylic acids is 1. The number of halogens is 7. The summed E-state index contributed by atoms with van der Waals surface area (Å²) in [6, 6.07) is 0. The monoisotopic (exact) mass is 294 g/mol. The number of aliphatic carboxylic acids is 1. The van der Waals surface area contributed by atoms with Gasteiger partial charge in [0, 0.05) is 0 Å². The van der Waals surface area contributed by atoms with Gasteiger partial charge in [-0.1, -0.05) is 6.92 Å². The summed E-state index contributed by atoms with van der Waals surface area (Å²) in [6.45, 7) is 1.57. The van der Waals surface area contributed by atoms with Crippen LogP contribution in [0.2, 0.25) is 0 Å². The van der Waals surface area contributed by atoms with Gasteiger partial charge in [-0.05, 0) is 0 Å². The number of alkyl halides is 7. The molecule has 0 aromatic rings. The van der Waals surface area contributed by atoms with Gasteiger partial charge in [0.2, 0.25) is 0 Å². The van der Waals surface area contributed by atoms with Crippen LogP contribution in [-0.2, 0) is 4.79 Å². The quantitative estimate of drug-likeness (QED) is 0.724. The molecular formula is C6H13F7N2O3. The molecular weight excluding hydrogens is 281 g/mol. The number of carbonyl (C=O) groups is 1. The first-order valence-corrected chi connectivity index (χ1v) is 3.48. The molecule has 12 heteroatoms. The molecule has 18 heavy (non-hydrogen) atoms. The van der Waals surface area contributed by atoms with Gasteiger partial charge in [0.05, 0.1) is 0 Å². The van der Waals surface area contributed by atoms with E-state index in [-0.39, 0.29) is 18.9 Å². The first-order valence-electron chi connectivity index (χ1n) is 3.48. The third-order valence-corrected chi connectivity index (χ3v) is 1.01. The molecule has 8 N–H and O–H groups in total. The molecule has 0 heterocycles. The summed E-state index contributed by atoms with van der Waals surface area (Å²) in [5.41, 5.74) is 0. The Hall–Kier alpha value is -1.14. The van der Waals surface area contributed by atoms with Crippen LogP contribution in [0.15, 0.2) is 0 Å². The highest BCUT2D eigenvalue weighted by Gasteiger charge is 2.73. The van der Waals surface area contributed by atoms with Crippen LogP contribution < -0.4 is 22.5 Å². The van der Waals surface area contributed by atoms with Crippen LogP contribution in [0.1, 0.15) is 6.92 Å². The minimum atomic E-state index is -6.64. The summed E-state index contributed by atoms with van der Waals surface area (Å²) in [5.74, 6) is -16.7. The molecule has 0 fully saturated rings. The van der Waals surface area contributed by atoms with Gasteiger partial charge < -0.3 is 27.3 Å². The predicted molar refractivity (Wildman–Crippen MR) is 43.5 cm³/mol. The van der Waals surface area contributed by atoms with Crippen molar-refractivity contribution in [1.82, 2.24) is 12.3 Å². The van der Waals surface area contributed by atoms with Crippen LogP contribution in [0.4, 0.5) is 30.7 Å². The zero-order valence-corrected chi connectivity index (χ0v) is 9.58. The fourth-order valence-corrected chi connectivity index (χ4v) is 0.306. The van der Waals surface area contributed by atoms with E-state index in [1.807, 2.05) is 0 Å². The van der Waals surface area contributed by atoms with E-state index in [9.17, 15) is 40.6 Å². The van der Waals surface area contributed by atoms with Gasteiger partial charge in [-0.3, -0.25) is 0 Å². The Morgan fingerprint density at radius 1 is 1.00 bits per heavy atom. The fourth-order valence-electron chi connectivity index (χ4n) is 0.306. The van der Waals surface area contributed by atoms with E-state index in [2.05, 4.69) is 0 Å². The molecule has 0 aliphatic heterocycles. The number of hydrogen-bond donors (Lipinski definition) is 2. The second-order valence-electron chi connectivity index (χ2n) is 2.22. The Morgan fingerprint density at radius 3 is 1.28 bits per heavy atom. The SMILES string of the molecule is CC[O-].O=C([O-])C(F)(F)C(F)(F)C(F)(F)F.[NH4+].[NH4+]. The smallest absolute Gasteiger partial charge is 0.460 e. The van der Waals surface area contributed by atoms with E-state index in [1.54, 1.807) is 6.92 Å². The molecule has 0 saturated carbocycles. The molecule has 0 atom stereocenters. The highest BCUT2D eigenvalue weighted by atomic mass is 19.4. The molecule has 0 amide bonds. The van der Waals surface area contributed by atoms with Crippen LogP contribution in [-0.4, -0.2) is 30.6 Å². The number of rotatable bonds is 2. The van der Waals surface area contributed by atoms with Crippen LogP contribution in [0.5, 0.6) is 0 Å². The Kier molecular flexibility index (Phi) is 11.5. The van der Waals surface area contributed by atoms with E-state index >= 15 is 0 Å². The summed E-state index contributed by atoms with van der Waals surface area (Å²) in [7, 11) is 0. The van der Waals surface area contributed by atoms with Crippen LogP contribution in [0, 0.1) is 0 Å². The maximum Gasteiger partial charge on any atom is 0.460 e. The van der Waals surface area contributed by atoms with Crippen molar-refractivity contribution in [2.75, 3.05) is 6.61 Å². The number of carboxylic acid groups (broad SMARTS) is 1. The second kappa shape index (κ2) is 8.05. The van der Waals surface area contributed by atoms with Crippen LogP contribution in [0.25, 0.3) is 0 Å². The molecule has 0 aliphatic rings. The van der Waals surface area contributed by atoms with Gasteiger partial charge in [-0.25, -0.2) is 0 Å². The normalized spacial score (nSPS) is 11.4. The van der Waals surface area contributed by atoms with Crippen LogP contribution >= 0.6 is 0 Å². The Balaban J connectivity index is -0.000000177. The zero-order valence-electron chi connectivity index (χ0n) is 9.58. The lowest BCUT2D eigenvalue weighted by molar-refractivity contribution is -0.387. The van der Waals surface area contributed by atoms with Crippen molar-refractivity contribution in [3.05, 3.63) is 0 Å². The van der Waals surface area contributed by atoms with Crippen molar-refractivity contribution < 1.29 is 45.7 Å². The van der Waals surface area contributed by atoms with Gasteiger partial charge in [0.1, 0.15) is 5.97 Å². The van der Waals surface area contributed by atoms with Crippen molar-refractivity contribution in [3.8, 4) is 0 Å². The maximum absolute atomic E-state index is 11.7. The van der Waals surface area contributed by atoms with E-state index in [0.29, 0.717) is 0 Å². The summed E-state index contributed by atoms with van der Waals surface area (Å²) < 4.78 is 80.2. The summed E-state index contributed by atoms with van der Waals surface area (Å²) >= 11 is 0. The highest BCUT2D eigenvalue weighted by Crippen LogP contribution is 2.45. The summed E-state index contributed by atoms with van der Waals surface area (Å²) in [6.07, 6.45) is -6.64. The van der Waals surface area contributed by atoms with Gasteiger partial charge >= 0.3 is 18.0 Å². The van der Waals surface area contributed by atoms with Gasteiger partial charge in [-0.2, -0.15) is 30.7 Å². The van der Waals surface area contributed by atoms with E-state index in [0.717, 1.165) is 0 Å². The Bertz CT molecular complexity index is 244. The third-order valence-electron chi connectivity index (χ3n) is 1.01. The molecule has 5 nitrogen and oxygen atoms in total. The van der Waals surface area contributed by atoms with Crippen molar-refractivity contribution in [2.45, 2.75) is 24.9 Å². The first kappa shape index (κ1) is 25.6. The molecule has 0 radical (unpaired) electrons. The van der Waals surface area contributed by atoms with Gasteiger partial charge in [-0.15, -0.1) is 6.61 Å². The minimum absolute atomic E-state index is 0. The van der Waals surface area contributed by atoms with E-state index in [4.69, 9.17) is 5.11 Å². The molecule has 0 rings (SSSR count). The number of hydrogen-bond acceptors (Lipinski definition) is 3. The highest BCUT2D eigenvalue weighted by molar-refractivity contribution is 5.74. The number of carboxylic acids is 1. The lowest BCUT2D eigenvalue weighted by atomic mass is 10.1. The molecule has 0 aromatic carbocycles. The molecule has 114 valence electrons. The summed E-state index contributed by atoms with van der Waals surface area (Å²) in [4.78, 5) is 9.27. The third kappa shape index (κ3) is 5.46. The molecule has 0 aliphatic carbocycles. The van der Waals surface area contributed by atoms with E-state index < -0.39 is 24.0 Å². The average Bonchev–Trinajstić information content (AvgIpc) is 2.02. The zero-order chi connectivity index (χ0) is 13.8. The maximum atomic E-state index is 11.7.